The van der Waals surface area contributed by atoms with E-state index >= 15 is 0 Å². The van der Waals surface area contributed by atoms with Gasteiger partial charge >= 0.3 is 0 Å². The molecule has 0 spiro atoms. The maximum Gasteiger partial charge on any atom is 0.133 e. The van der Waals surface area contributed by atoms with Crippen LogP contribution >= 0.6 is 0 Å². The Kier molecular flexibility index (Phi) is 2.87. The van der Waals surface area contributed by atoms with Crippen molar-refractivity contribution in [2.24, 2.45) is 0 Å². The molecule has 0 heterocycles. The van der Waals surface area contributed by atoms with Crippen molar-refractivity contribution in [3.8, 4) is 6.07 Å². The van der Waals surface area contributed by atoms with Crippen LogP contribution in [0.4, 0.5) is 0 Å². The van der Waals surface area contributed by atoms with E-state index in [-0.39, 0.29) is 0 Å². The maximum atomic E-state index is 9.70. The van der Waals surface area contributed by atoms with Crippen LogP contribution in [0.25, 0.3) is 0 Å². The first-order valence-electron chi connectivity index (χ1n) is 7.02. The lowest BCUT2D eigenvalue weighted by Crippen LogP contribution is -2.44. The van der Waals surface area contributed by atoms with E-state index in [9.17, 15) is 5.26 Å². The zero-order valence-electron chi connectivity index (χ0n) is 11.0. The zero-order valence-corrected chi connectivity index (χ0v) is 11.0. The summed E-state index contributed by atoms with van der Waals surface area (Å²) in [5.74, 6) is 0. The summed E-state index contributed by atoms with van der Waals surface area (Å²) in [7, 11) is 0. The fourth-order valence-electron chi connectivity index (χ4n) is 3.48. The Bertz CT molecular complexity index is 494. The topological polar surface area (TPSA) is 35.8 Å². The molecule has 3 rings (SSSR count). The second kappa shape index (κ2) is 4.40. The SMILES string of the molecule is Cc1ccc2c(c1)C(C#N)(NC1CCCC1)CC2. The van der Waals surface area contributed by atoms with Crippen molar-refractivity contribution in [1.29, 1.82) is 5.26 Å². The highest BCUT2D eigenvalue weighted by atomic mass is 15.0. The van der Waals surface area contributed by atoms with Crippen LogP contribution < -0.4 is 5.32 Å². The second-order valence-corrected chi connectivity index (χ2v) is 5.80. The van der Waals surface area contributed by atoms with E-state index in [2.05, 4.69) is 36.5 Å². The molecule has 2 heteroatoms. The van der Waals surface area contributed by atoms with Gasteiger partial charge in [-0.15, -0.1) is 0 Å². The first-order chi connectivity index (χ1) is 8.73. The third-order valence-corrected chi connectivity index (χ3v) is 4.49. The number of aryl methyl sites for hydroxylation is 2. The van der Waals surface area contributed by atoms with Gasteiger partial charge in [-0.1, -0.05) is 36.6 Å². The normalized spacial score (nSPS) is 27.1. The maximum absolute atomic E-state index is 9.70. The molecule has 1 fully saturated rings. The van der Waals surface area contributed by atoms with E-state index < -0.39 is 5.54 Å². The van der Waals surface area contributed by atoms with Gasteiger partial charge in [-0.3, -0.25) is 5.32 Å². The van der Waals surface area contributed by atoms with Crippen molar-refractivity contribution in [1.82, 2.24) is 5.32 Å². The summed E-state index contributed by atoms with van der Waals surface area (Å²) in [5, 5.41) is 13.4. The highest BCUT2D eigenvalue weighted by Gasteiger charge is 2.40. The molecule has 0 bridgehead atoms. The van der Waals surface area contributed by atoms with Crippen LogP contribution in [-0.4, -0.2) is 6.04 Å². The minimum Gasteiger partial charge on any atom is -0.293 e. The average molecular weight is 240 g/mol. The third-order valence-electron chi connectivity index (χ3n) is 4.49. The van der Waals surface area contributed by atoms with Gasteiger partial charge in [0, 0.05) is 6.04 Å². The molecular formula is C16H20N2. The molecule has 1 atom stereocenters. The molecule has 2 nitrogen and oxygen atoms in total. The molecule has 0 aliphatic heterocycles. The summed E-state index contributed by atoms with van der Waals surface area (Å²) in [6.07, 6.45) is 7.02. The smallest absolute Gasteiger partial charge is 0.133 e. The lowest BCUT2D eigenvalue weighted by Gasteiger charge is -2.28. The van der Waals surface area contributed by atoms with Crippen molar-refractivity contribution in [2.75, 3.05) is 0 Å². The molecular weight excluding hydrogens is 220 g/mol. The van der Waals surface area contributed by atoms with E-state index in [1.807, 2.05) is 0 Å². The van der Waals surface area contributed by atoms with Gasteiger partial charge in [0.05, 0.1) is 6.07 Å². The van der Waals surface area contributed by atoms with E-state index in [4.69, 9.17) is 0 Å². The van der Waals surface area contributed by atoms with Crippen LogP contribution in [0.2, 0.25) is 0 Å². The predicted molar refractivity (Wildman–Crippen MR) is 72.2 cm³/mol. The standard InChI is InChI=1S/C16H20N2/c1-12-6-7-13-8-9-16(11-17,15(13)10-12)18-14-4-2-3-5-14/h6-7,10,14,18H,2-5,8-9H2,1H3. The molecule has 1 aromatic rings. The van der Waals surface area contributed by atoms with Gasteiger partial charge in [-0.2, -0.15) is 5.26 Å². The highest BCUT2D eigenvalue weighted by Crippen LogP contribution is 2.38. The van der Waals surface area contributed by atoms with Gasteiger partial charge < -0.3 is 0 Å². The number of nitriles is 1. The van der Waals surface area contributed by atoms with Gasteiger partial charge in [0.25, 0.3) is 0 Å². The van der Waals surface area contributed by atoms with Crippen LogP contribution in [0.1, 0.15) is 48.8 Å². The molecule has 0 amide bonds. The molecule has 94 valence electrons. The summed E-state index contributed by atoms with van der Waals surface area (Å²) in [4.78, 5) is 0. The number of fused-ring (bicyclic) bond motifs is 1. The fourth-order valence-corrected chi connectivity index (χ4v) is 3.48. The summed E-state index contributed by atoms with van der Waals surface area (Å²) in [6.45, 7) is 2.11. The van der Waals surface area contributed by atoms with Gasteiger partial charge in [0.2, 0.25) is 0 Å². The molecule has 0 aromatic heterocycles. The monoisotopic (exact) mass is 240 g/mol. The van der Waals surface area contributed by atoms with E-state index in [0.29, 0.717) is 6.04 Å². The minimum absolute atomic E-state index is 0.420. The Labute approximate surface area is 109 Å². The fraction of sp³-hybridized carbons (Fsp3) is 0.562. The van der Waals surface area contributed by atoms with Gasteiger partial charge in [-0.05, 0) is 43.7 Å². The largest absolute Gasteiger partial charge is 0.293 e. The van der Waals surface area contributed by atoms with Crippen LogP contribution in [0, 0.1) is 18.3 Å². The van der Waals surface area contributed by atoms with Crippen LogP contribution in [0.3, 0.4) is 0 Å². The lowest BCUT2D eigenvalue weighted by molar-refractivity contribution is 0.361. The molecule has 0 saturated heterocycles. The van der Waals surface area contributed by atoms with Crippen molar-refractivity contribution in [3.05, 3.63) is 34.9 Å². The molecule has 0 radical (unpaired) electrons. The number of nitrogens with one attached hydrogen (secondary N) is 1. The Balaban J connectivity index is 1.94. The summed E-state index contributed by atoms with van der Waals surface area (Å²) in [5.41, 5.74) is 3.42. The quantitative estimate of drug-likeness (QED) is 0.861. The number of hydrogen-bond donors (Lipinski definition) is 1. The van der Waals surface area contributed by atoms with Crippen molar-refractivity contribution < 1.29 is 0 Å². The first kappa shape index (κ1) is 11.7. The summed E-state index contributed by atoms with van der Waals surface area (Å²) >= 11 is 0. The zero-order chi connectivity index (χ0) is 12.6. The van der Waals surface area contributed by atoms with E-state index in [1.54, 1.807) is 0 Å². The van der Waals surface area contributed by atoms with Crippen LogP contribution in [-0.2, 0) is 12.0 Å². The number of rotatable bonds is 2. The molecule has 1 aromatic carbocycles. The third kappa shape index (κ3) is 1.83. The Morgan fingerprint density at radius 1 is 1.33 bits per heavy atom. The summed E-state index contributed by atoms with van der Waals surface area (Å²) in [6, 6.07) is 9.67. The van der Waals surface area contributed by atoms with Crippen molar-refractivity contribution in [2.45, 2.75) is 57.0 Å². The predicted octanol–water partition coefficient (Wildman–Crippen LogP) is 3.19. The number of hydrogen-bond acceptors (Lipinski definition) is 2. The molecule has 2 aliphatic carbocycles. The first-order valence-corrected chi connectivity index (χ1v) is 7.02. The van der Waals surface area contributed by atoms with Gasteiger partial charge in [-0.25, -0.2) is 0 Å². The second-order valence-electron chi connectivity index (χ2n) is 5.80. The molecule has 2 aliphatic rings. The minimum atomic E-state index is -0.420. The number of benzene rings is 1. The Hall–Kier alpha value is -1.33. The van der Waals surface area contributed by atoms with Crippen molar-refractivity contribution in [3.63, 3.8) is 0 Å². The lowest BCUT2D eigenvalue weighted by atomic mass is 9.91. The molecule has 18 heavy (non-hydrogen) atoms. The average Bonchev–Trinajstić information content (AvgIpc) is 2.99. The van der Waals surface area contributed by atoms with Gasteiger partial charge in [0.1, 0.15) is 5.54 Å². The molecule has 1 unspecified atom stereocenters. The van der Waals surface area contributed by atoms with Crippen LogP contribution in [0.15, 0.2) is 18.2 Å². The molecule has 1 N–H and O–H groups in total. The Morgan fingerprint density at radius 3 is 2.83 bits per heavy atom. The highest BCUT2D eigenvalue weighted by molar-refractivity contribution is 5.45. The van der Waals surface area contributed by atoms with E-state index in [0.717, 1.165) is 12.8 Å². The Morgan fingerprint density at radius 2 is 2.11 bits per heavy atom. The number of nitrogens with zero attached hydrogens (tertiary/aromatic N) is 1. The van der Waals surface area contributed by atoms with Crippen LogP contribution in [0.5, 0.6) is 0 Å². The van der Waals surface area contributed by atoms with Gasteiger partial charge in [0.15, 0.2) is 0 Å². The van der Waals surface area contributed by atoms with E-state index in [1.165, 1.54) is 42.4 Å². The summed E-state index contributed by atoms with van der Waals surface area (Å²) < 4.78 is 0. The molecule has 1 saturated carbocycles. The van der Waals surface area contributed by atoms with Crippen molar-refractivity contribution >= 4 is 0 Å².